The monoisotopic (exact) mass is 287 g/mol. The molecule has 0 saturated heterocycles. The van der Waals surface area contributed by atoms with Crippen molar-refractivity contribution >= 4 is 40.3 Å². The van der Waals surface area contributed by atoms with Crippen LogP contribution in [0, 0.1) is 0 Å². The molecule has 0 aliphatic carbocycles. The van der Waals surface area contributed by atoms with Gasteiger partial charge in [0.15, 0.2) is 5.78 Å². The van der Waals surface area contributed by atoms with E-state index >= 15 is 0 Å². The highest BCUT2D eigenvalue weighted by Crippen LogP contribution is 2.21. The molecule has 0 unspecified atom stereocenters. The fourth-order valence-electron chi connectivity index (χ4n) is 1.36. The van der Waals surface area contributed by atoms with Gasteiger partial charge in [0.1, 0.15) is 0 Å². The summed E-state index contributed by atoms with van der Waals surface area (Å²) in [5.41, 5.74) is 0.370. The summed E-state index contributed by atoms with van der Waals surface area (Å²) in [6.07, 6.45) is 1.58. The third kappa shape index (κ3) is 2.77. The van der Waals surface area contributed by atoms with E-state index in [1.165, 1.54) is 10.6 Å². The molecule has 6 heteroatoms. The van der Waals surface area contributed by atoms with Crippen molar-refractivity contribution in [3.8, 4) is 0 Å². The molecule has 1 aromatic carbocycles. The van der Waals surface area contributed by atoms with Crippen LogP contribution in [0.15, 0.2) is 34.6 Å². The van der Waals surface area contributed by atoms with E-state index in [0.29, 0.717) is 15.6 Å². The molecule has 0 N–H and O–H groups in total. The number of carbonyl (C=O) groups excluding carboxylic acids is 1. The first-order valence-corrected chi connectivity index (χ1v) is 6.33. The number of carbonyl (C=O) groups is 1. The lowest BCUT2D eigenvalue weighted by Gasteiger charge is -2.04. The van der Waals surface area contributed by atoms with E-state index in [4.69, 9.17) is 23.2 Å². The van der Waals surface area contributed by atoms with Crippen molar-refractivity contribution < 1.29 is 4.79 Å². The van der Waals surface area contributed by atoms with E-state index in [-0.39, 0.29) is 17.2 Å². The third-order valence-electron chi connectivity index (χ3n) is 2.19. The van der Waals surface area contributed by atoms with Crippen LogP contribution in [0.4, 0.5) is 0 Å². The van der Waals surface area contributed by atoms with Gasteiger partial charge in [-0.05, 0) is 18.2 Å². The molecule has 88 valence electrons. The predicted molar refractivity (Wildman–Crippen MR) is 69.4 cm³/mol. The zero-order chi connectivity index (χ0) is 12.4. The first kappa shape index (κ1) is 12.4. The fourth-order valence-corrected chi connectivity index (χ4v) is 2.46. The van der Waals surface area contributed by atoms with E-state index in [9.17, 15) is 9.59 Å². The van der Waals surface area contributed by atoms with E-state index in [1.54, 1.807) is 23.7 Å². The van der Waals surface area contributed by atoms with Crippen molar-refractivity contribution in [3.05, 3.63) is 55.1 Å². The second-order valence-corrected chi connectivity index (χ2v) is 5.04. The van der Waals surface area contributed by atoms with Gasteiger partial charge in [-0.15, -0.1) is 0 Å². The average molecular weight is 288 g/mol. The molecule has 0 aliphatic heterocycles. The molecule has 2 rings (SSSR count). The van der Waals surface area contributed by atoms with Gasteiger partial charge >= 0.3 is 4.87 Å². The topological polar surface area (TPSA) is 39.1 Å². The molecular formula is C11H7Cl2NO2S. The van der Waals surface area contributed by atoms with Crippen molar-refractivity contribution in [1.29, 1.82) is 0 Å². The fraction of sp³-hybridized carbons (Fsp3) is 0.0909. The summed E-state index contributed by atoms with van der Waals surface area (Å²) < 4.78 is 1.35. The second-order valence-electron chi connectivity index (χ2n) is 3.34. The molecule has 0 amide bonds. The molecular weight excluding hydrogens is 281 g/mol. The number of nitrogens with zero attached hydrogens (tertiary/aromatic N) is 1. The molecule has 0 fully saturated rings. The smallest absolute Gasteiger partial charge is 0.298 e. The largest absolute Gasteiger partial charge is 0.307 e. The zero-order valence-corrected chi connectivity index (χ0v) is 10.9. The van der Waals surface area contributed by atoms with Crippen molar-refractivity contribution in [2.45, 2.75) is 6.54 Å². The number of hydrogen-bond acceptors (Lipinski definition) is 3. The number of halogens is 2. The minimum absolute atomic E-state index is 0.0102. The van der Waals surface area contributed by atoms with E-state index < -0.39 is 0 Å². The predicted octanol–water partition coefficient (Wildman–Crippen LogP) is 3.10. The molecule has 2 aromatic rings. The highest BCUT2D eigenvalue weighted by atomic mass is 35.5. The van der Waals surface area contributed by atoms with Crippen molar-refractivity contribution in [1.82, 2.24) is 4.57 Å². The Morgan fingerprint density at radius 2 is 2.12 bits per heavy atom. The summed E-state index contributed by atoms with van der Waals surface area (Å²) in [7, 11) is 0. The number of Topliss-reactive ketones (excluding diaryl/α,β-unsaturated/α-hetero) is 1. The molecule has 3 nitrogen and oxygen atoms in total. The van der Waals surface area contributed by atoms with Crippen LogP contribution in [-0.4, -0.2) is 10.4 Å². The number of aromatic nitrogens is 1. The minimum atomic E-state index is -0.216. The van der Waals surface area contributed by atoms with E-state index in [2.05, 4.69) is 0 Å². The van der Waals surface area contributed by atoms with Gasteiger partial charge in [-0.3, -0.25) is 14.2 Å². The Bertz CT molecular complexity index is 618. The zero-order valence-electron chi connectivity index (χ0n) is 8.52. The first-order chi connectivity index (χ1) is 8.08. The van der Waals surface area contributed by atoms with Crippen LogP contribution in [0.2, 0.25) is 10.0 Å². The summed E-state index contributed by atoms with van der Waals surface area (Å²) >= 11 is 12.7. The Morgan fingerprint density at radius 3 is 2.71 bits per heavy atom. The molecule has 0 aliphatic rings. The van der Waals surface area contributed by atoms with Gasteiger partial charge in [0.05, 0.1) is 11.6 Å². The van der Waals surface area contributed by atoms with Crippen LogP contribution < -0.4 is 4.87 Å². The van der Waals surface area contributed by atoms with Crippen LogP contribution in [0.25, 0.3) is 0 Å². The Hall–Kier alpha value is -1.10. The number of hydrogen-bond donors (Lipinski definition) is 0. The Labute approximate surface area is 111 Å². The molecule has 0 bridgehead atoms. The van der Waals surface area contributed by atoms with Crippen LogP contribution in [0.1, 0.15) is 10.4 Å². The van der Waals surface area contributed by atoms with Gasteiger partial charge in [0, 0.05) is 22.2 Å². The molecule has 1 heterocycles. The van der Waals surface area contributed by atoms with Crippen molar-refractivity contribution in [2.75, 3.05) is 0 Å². The maximum absolute atomic E-state index is 11.9. The van der Waals surface area contributed by atoms with Gasteiger partial charge in [-0.25, -0.2) is 0 Å². The molecule has 0 radical (unpaired) electrons. The second kappa shape index (κ2) is 5.04. The van der Waals surface area contributed by atoms with Crippen molar-refractivity contribution in [3.63, 3.8) is 0 Å². The Kier molecular flexibility index (Phi) is 3.66. The quantitative estimate of drug-likeness (QED) is 0.814. The maximum Gasteiger partial charge on any atom is 0.307 e. The summed E-state index contributed by atoms with van der Waals surface area (Å²) in [6.45, 7) is -0.0102. The number of benzene rings is 1. The SMILES string of the molecule is O=C(Cn1ccsc1=O)c1ccc(Cl)cc1Cl. The van der Waals surface area contributed by atoms with E-state index in [1.807, 2.05) is 0 Å². The van der Waals surface area contributed by atoms with Crippen LogP contribution >= 0.6 is 34.5 Å². The number of rotatable bonds is 3. The summed E-state index contributed by atoms with van der Waals surface area (Å²) in [5, 5.41) is 2.41. The lowest BCUT2D eigenvalue weighted by Crippen LogP contribution is -2.18. The van der Waals surface area contributed by atoms with Crippen LogP contribution in [0.3, 0.4) is 0 Å². The molecule has 0 spiro atoms. The normalized spacial score (nSPS) is 10.5. The molecule has 0 saturated carbocycles. The lowest BCUT2D eigenvalue weighted by atomic mass is 10.1. The summed E-state index contributed by atoms with van der Waals surface area (Å²) in [6, 6.07) is 4.66. The molecule has 1 aromatic heterocycles. The Balaban J connectivity index is 2.26. The minimum Gasteiger partial charge on any atom is -0.298 e. The summed E-state index contributed by atoms with van der Waals surface area (Å²) in [4.78, 5) is 23.1. The van der Waals surface area contributed by atoms with Gasteiger partial charge in [0.25, 0.3) is 0 Å². The van der Waals surface area contributed by atoms with E-state index in [0.717, 1.165) is 11.3 Å². The molecule has 17 heavy (non-hydrogen) atoms. The molecule has 0 atom stereocenters. The first-order valence-electron chi connectivity index (χ1n) is 4.70. The summed E-state index contributed by atoms with van der Waals surface area (Å²) in [5.74, 6) is -0.216. The number of thiazole rings is 1. The Morgan fingerprint density at radius 1 is 1.35 bits per heavy atom. The van der Waals surface area contributed by atoms with Crippen LogP contribution in [0.5, 0.6) is 0 Å². The lowest BCUT2D eigenvalue weighted by molar-refractivity contribution is 0.0971. The average Bonchev–Trinajstić information content (AvgIpc) is 2.64. The van der Waals surface area contributed by atoms with Gasteiger partial charge in [0.2, 0.25) is 0 Å². The standard InChI is InChI=1S/C11H7Cl2NO2S/c12-7-1-2-8(9(13)5-7)10(15)6-14-3-4-17-11(14)16/h1-5H,6H2. The highest BCUT2D eigenvalue weighted by molar-refractivity contribution is 7.07. The van der Waals surface area contributed by atoms with Crippen LogP contribution in [-0.2, 0) is 6.54 Å². The van der Waals surface area contributed by atoms with Gasteiger partial charge < -0.3 is 0 Å². The third-order valence-corrected chi connectivity index (χ3v) is 3.43. The highest BCUT2D eigenvalue weighted by Gasteiger charge is 2.12. The maximum atomic E-state index is 11.9. The van der Waals surface area contributed by atoms with Gasteiger partial charge in [-0.1, -0.05) is 34.5 Å². The number of ketones is 1. The van der Waals surface area contributed by atoms with Gasteiger partial charge in [-0.2, -0.15) is 0 Å². The van der Waals surface area contributed by atoms with Crippen molar-refractivity contribution in [2.24, 2.45) is 0 Å².